The summed E-state index contributed by atoms with van der Waals surface area (Å²) in [6.07, 6.45) is 4.02. The molecule has 112 valence electrons. The van der Waals surface area contributed by atoms with Gasteiger partial charge in [0.2, 0.25) is 0 Å². The summed E-state index contributed by atoms with van der Waals surface area (Å²) in [6.45, 7) is 6.13. The Labute approximate surface area is 118 Å². The van der Waals surface area contributed by atoms with Crippen molar-refractivity contribution < 1.29 is 9.53 Å². The maximum absolute atomic E-state index is 11.6. The minimum atomic E-state index is -0.462. The number of rotatable bonds is 4. The number of ether oxygens (including phenoxy) is 1. The maximum atomic E-state index is 11.6. The number of nitrogens with one attached hydrogen (secondary N) is 1. The number of amides is 1. The third-order valence-corrected chi connectivity index (χ3v) is 3.17. The molecular weight excluding hydrogens is 258 g/mol. The second kappa shape index (κ2) is 5.78. The normalized spacial score (nSPS) is 22.2. The van der Waals surface area contributed by atoms with Gasteiger partial charge in [0.25, 0.3) is 0 Å². The summed E-state index contributed by atoms with van der Waals surface area (Å²) in [7, 11) is 0. The Hall–Kier alpha value is -1.63. The van der Waals surface area contributed by atoms with E-state index in [2.05, 4.69) is 15.6 Å². The number of alkyl carbamates (subject to hydrolysis) is 1. The highest BCUT2D eigenvalue weighted by atomic mass is 16.6. The van der Waals surface area contributed by atoms with Crippen LogP contribution in [0.1, 0.15) is 45.3 Å². The van der Waals surface area contributed by atoms with E-state index in [9.17, 15) is 4.79 Å². The molecule has 1 heterocycles. The molecule has 7 heteroatoms. The van der Waals surface area contributed by atoms with E-state index >= 15 is 0 Å². The Morgan fingerprint density at radius 1 is 1.55 bits per heavy atom. The van der Waals surface area contributed by atoms with Crippen LogP contribution in [0.5, 0.6) is 0 Å². The molecule has 0 aliphatic heterocycles. The maximum Gasteiger partial charge on any atom is 0.407 e. The van der Waals surface area contributed by atoms with Gasteiger partial charge in [-0.25, -0.2) is 9.48 Å². The number of aromatic nitrogens is 3. The Morgan fingerprint density at radius 3 is 2.85 bits per heavy atom. The van der Waals surface area contributed by atoms with Gasteiger partial charge >= 0.3 is 6.09 Å². The van der Waals surface area contributed by atoms with Crippen LogP contribution in [0.3, 0.4) is 0 Å². The summed E-state index contributed by atoms with van der Waals surface area (Å²) in [5, 5.41) is 11.0. The molecule has 0 unspecified atom stereocenters. The van der Waals surface area contributed by atoms with Crippen molar-refractivity contribution in [3.05, 3.63) is 11.9 Å². The number of carbonyl (C=O) groups is 1. The predicted octanol–water partition coefficient (Wildman–Crippen LogP) is 1.01. The summed E-state index contributed by atoms with van der Waals surface area (Å²) >= 11 is 0. The molecule has 1 fully saturated rings. The van der Waals surface area contributed by atoms with Gasteiger partial charge in [0.05, 0.1) is 11.7 Å². The van der Waals surface area contributed by atoms with Crippen molar-refractivity contribution in [1.82, 2.24) is 20.3 Å². The lowest BCUT2D eigenvalue weighted by atomic mass is 9.87. The van der Waals surface area contributed by atoms with Crippen LogP contribution in [-0.2, 0) is 11.2 Å². The van der Waals surface area contributed by atoms with Crippen molar-refractivity contribution >= 4 is 6.09 Å². The fourth-order valence-corrected chi connectivity index (χ4v) is 2.15. The summed E-state index contributed by atoms with van der Waals surface area (Å²) < 4.78 is 7.08. The zero-order valence-corrected chi connectivity index (χ0v) is 12.3. The molecule has 1 aromatic rings. The zero-order valence-electron chi connectivity index (χ0n) is 12.3. The highest BCUT2D eigenvalue weighted by molar-refractivity contribution is 5.68. The molecule has 7 nitrogen and oxygen atoms in total. The minimum absolute atomic E-state index is 0.150. The second-order valence-corrected chi connectivity index (χ2v) is 6.20. The predicted molar refractivity (Wildman–Crippen MR) is 74.2 cm³/mol. The van der Waals surface area contributed by atoms with Crippen molar-refractivity contribution in [2.45, 2.75) is 57.7 Å². The molecule has 2 rings (SSSR count). The minimum Gasteiger partial charge on any atom is -0.444 e. The average Bonchev–Trinajstić information content (AvgIpc) is 2.69. The summed E-state index contributed by atoms with van der Waals surface area (Å²) in [5.41, 5.74) is 5.93. The average molecular weight is 281 g/mol. The molecule has 0 radical (unpaired) electrons. The van der Waals surface area contributed by atoms with Gasteiger partial charge in [0.15, 0.2) is 0 Å². The zero-order chi connectivity index (χ0) is 14.8. The van der Waals surface area contributed by atoms with E-state index in [0.29, 0.717) is 12.6 Å². The third kappa shape index (κ3) is 3.93. The monoisotopic (exact) mass is 281 g/mol. The first-order valence-corrected chi connectivity index (χ1v) is 6.97. The molecule has 1 aromatic heterocycles. The van der Waals surface area contributed by atoms with Crippen LogP contribution < -0.4 is 11.1 Å². The van der Waals surface area contributed by atoms with Gasteiger partial charge in [-0.2, -0.15) is 0 Å². The fourth-order valence-electron chi connectivity index (χ4n) is 2.15. The standard InChI is InChI=1S/C13H23N5O2/c1-13(2,3)20-12(19)15-10-6-11(7-10)18-8-9(4-5-14)16-17-18/h8,10-11H,4-7,14H2,1-3H3,(H,15,19). The summed E-state index contributed by atoms with van der Waals surface area (Å²) in [6, 6.07) is 0.450. The van der Waals surface area contributed by atoms with Crippen LogP contribution in [-0.4, -0.2) is 39.3 Å². The Kier molecular flexibility index (Phi) is 4.27. The topological polar surface area (TPSA) is 95.1 Å². The van der Waals surface area contributed by atoms with Crippen molar-refractivity contribution in [2.24, 2.45) is 5.73 Å². The molecule has 1 aliphatic carbocycles. The highest BCUT2D eigenvalue weighted by Gasteiger charge is 2.33. The van der Waals surface area contributed by atoms with Crippen LogP contribution in [0.4, 0.5) is 4.79 Å². The molecule has 0 aromatic carbocycles. The molecule has 1 aliphatic rings. The number of hydrogen-bond donors (Lipinski definition) is 2. The lowest BCUT2D eigenvalue weighted by molar-refractivity contribution is 0.0452. The van der Waals surface area contributed by atoms with Gasteiger partial charge in [0.1, 0.15) is 5.60 Å². The fraction of sp³-hybridized carbons (Fsp3) is 0.769. The summed E-state index contributed by atoms with van der Waals surface area (Å²) in [5.74, 6) is 0. The Balaban J connectivity index is 1.75. The van der Waals surface area contributed by atoms with Gasteiger partial charge in [-0.3, -0.25) is 0 Å². The summed E-state index contributed by atoms with van der Waals surface area (Å²) in [4.78, 5) is 11.6. The second-order valence-electron chi connectivity index (χ2n) is 6.20. The highest BCUT2D eigenvalue weighted by Crippen LogP contribution is 2.31. The van der Waals surface area contributed by atoms with Crippen molar-refractivity contribution in [3.63, 3.8) is 0 Å². The number of hydrogen-bond acceptors (Lipinski definition) is 5. The Morgan fingerprint density at radius 2 is 2.25 bits per heavy atom. The van der Waals surface area contributed by atoms with E-state index in [1.807, 2.05) is 31.6 Å². The molecule has 1 amide bonds. The first-order chi connectivity index (χ1) is 9.37. The first kappa shape index (κ1) is 14.8. The SMILES string of the molecule is CC(C)(C)OC(=O)NC1CC(n2cc(CCN)nn2)C1. The molecule has 0 bridgehead atoms. The van der Waals surface area contributed by atoms with Crippen molar-refractivity contribution in [2.75, 3.05) is 6.54 Å². The van der Waals surface area contributed by atoms with E-state index in [-0.39, 0.29) is 12.1 Å². The van der Waals surface area contributed by atoms with Crippen molar-refractivity contribution in [3.8, 4) is 0 Å². The first-order valence-electron chi connectivity index (χ1n) is 6.97. The number of carbonyl (C=O) groups excluding carboxylic acids is 1. The van der Waals surface area contributed by atoms with Gasteiger partial charge in [0, 0.05) is 18.7 Å². The van der Waals surface area contributed by atoms with Gasteiger partial charge in [-0.05, 0) is 40.2 Å². The quantitative estimate of drug-likeness (QED) is 0.858. The third-order valence-electron chi connectivity index (χ3n) is 3.17. The number of nitrogens with zero attached hydrogens (tertiary/aromatic N) is 3. The van der Waals surface area contributed by atoms with Gasteiger partial charge < -0.3 is 15.8 Å². The van der Waals surface area contributed by atoms with Crippen LogP contribution >= 0.6 is 0 Å². The molecule has 1 saturated carbocycles. The van der Waals surface area contributed by atoms with Crippen LogP contribution in [0.2, 0.25) is 0 Å². The largest absolute Gasteiger partial charge is 0.444 e. The lowest BCUT2D eigenvalue weighted by Gasteiger charge is -2.35. The van der Waals surface area contributed by atoms with E-state index < -0.39 is 5.60 Å². The van der Waals surface area contributed by atoms with E-state index in [1.165, 1.54) is 0 Å². The van der Waals surface area contributed by atoms with Crippen LogP contribution in [0, 0.1) is 0 Å². The van der Waals surface area contributed by atoms with Crippen LogP contribution in [0.15, 0.2) is 6.20 Å². The van der Waals surface area contributed by atoms with Gasteiger partial charge in [-0.15, -0.1) is 5.10 Å². The molecular formula is C13H23N5O2. The smallest absolute Gasteiger partial charge is 0.407 e. The molecule has 0 atom stereocenters. The molecule has 20 heavy (non-hydrogen) atoms. The molecule has 0 saturated heterocycles. The lowest BCUT2D eigenvalue weighted by Crippen LogP contribution is -2.46. The van der Waals surface area contributed by atoms with E-state index in [4.69, 9.17) is 10.5 Å². The van der Waals surface area contributed by atoms with E-state index in [0.717, 1.165) is 25.0 Å². The van der Waals surface area contributed by atoms with Gasteiger partial charge in [-0.1, -0.05) is 5.21 Å². The van der Waals surface area contributed by atoms with Crippen LogP contribution in [0.25, 0.3) is 0 Å². The molecule has 3 N–H and O–H groups in total. The number of nitrogens with two attached hydrogens (primary N) is 1. The van der Waals surface area contributed by atoms with Crippen molar-refractivity contribution in [1.29, 1.82) is 0 Å². The Bertz CT molecular complexity index is 460. The molecule has 0 spiro atoms. The van der Waals surface area contributed by atoms with E-state index in [1.54, 1.807) is 0 Å².